The maximum atomic E-state index is 11.4. The largest absolute Gasteiger partial charge is 0.768 e. The molecule has 0 spiro atoms. The van der Waals surface area contributed by atoms with Crippen LogP contribution >= 0.6 is 0 Å². The third kappa shape index (κ3) is 1.66. The summed E-state index contributed by atoms with van der Waals surface area (Å²) in [5.41, 5.74) is -0.320. The normalized spacial score (nSPS) is 12.9. The number of hydrogen-bond donors (Lipinski definition) is 0. The Morgan fingerprint density at radius 1 is 1.21 bits per heavy atom. The van der Waals surface area contributed by atoms with E-state index in [0.29, 0.717) is 5.39 Å². The van der Waals surface area contributed by atoms with E-state index in [9.17, 15) is 13.6 Å². The molecule has 98 valence electrons. The molecule has 0 amide bonds. The molecule has 2 aromatic heterocycles. The molecule has 1 atom stereocenters. The first kappa shape index (κ1) is 11.9. The number of ether oxygens (including phenoxy) is 1. The van der Waals surface area contributed by atoms with Crippen molar-refractivity contribution >= 4 is 33.0 Å². The molecule has 0 fully saturated rings. The van der Waals surface area contributed by atoms with Crippen molar-refractivity contribution in [2.24, 2.45) is 0 Å². The van der Waals surface area contributed by atoms with Crippen LogP contribution in [-0.4, -0.2) is 15.9 Å². The van der Waals surface area contributed by atoms with E-state index >= 15 is 0 Å². The molecule has 0 saturated heterocycles. The van der Waals surface area contributed by atoms with Crippen LogP contribution in [-0.2, 0) is 11.1 Å². The molecule has 2 heterocycles. The molecule has 3 aromatic rings. The Hall–Kier alpha value is -2.12. The van der Waals surface area contributed by atoms with Crippen molar-refractivity contribution in [3.05, 3.63) is 34.9 Å². The molecule has 3 rings (SSSR count). The lowest BCUT2D eigenvalue weighted by Gasteiger charge is -2.12. The van der Waals surface area contributed by atoms with E-state index in [2.05, 4.69) is 0 Å². The van der Waals surface area contributed by atoms with Gasteiger partial charge >= 0.3 is 5.63 Å². The van der Waals surface area contributed by atoms with Crippen molar-refractivity contribution in [2.75, 3.05) is 7.11 Å². The van der Waals surface area contributed by atoms with Gasteiger partial charge in [0.1, 0.15) is 0 Å². The van der Waals surface area contributed by atoms with E-state index in [-0.39, 0.29) is 27.2 Å². The Bertz CT molecular complexity index is 860. The monoisotopic (exact) mass is 279 g/mol. The van der Waals surface area contributed by atoms with Gasteiger partial charge in [-0.1, -0.05) is 0 Å². The summed E-state index contributed by atoms with van der Waals surface area (Å²) in [6.07, 6.45) is 1.35. The van der Waals surface area contributed by atoms with Crippen LogP contribution in [0.4, 0.5) is 0 Å². The highest BCUT2D eigenvalue weighted by Crippen LogP contribution is 2.39. The zero-order valence-electron chi connectivity index (χ0n) is 9.67. The number of hydrogen-bond acceptors (Lipinski definition) is 6. The Morgan fingerprint density at radius 2 is 1.95 bits per heavy atom. The molecule has 6 nitrogen and oxygen atoms in total. The Balaban J connectivity index is 2.67. The summed E-state index contributed by atoms with van der Waals surface area (Å²) in [4.78, 5) is 11.3. The molecular weight excluding hydrogens is 272 g/mol. The Kier molecular flexibility index (Phi) is 2.65. The van der Waals surface area contributed by atoms with E-state index in [1.165, 1.54) is 25.5 Å². The van der Waals surface area contributed by atoms with E-state index in [1.54, 1.807) is 0 Å². The summed E-state index contributed by atoms with van der Waals surface area (Å²) < 4.78 is 38.2. The van der Waals surface area contributed by atoms with Crippen LogP contribution in [0, 0.1) is 0 Å². The SMILES string of the molecule is COc1c2occc2c(S(=O)[O-])c2ccc(=O)oc12. The zero-order chi connectivity index (χ0) is 13.6. The number of rotatable bonds is 2. The summed E-state index contributed by atoms with van der Waals surface area (Å²) in [6.45, 7) is 0. The summed E-state index contributed by atoms with van der Waals surface area (Å²) in [5, 5.41) is 0.658. The van der Waals surface area contributed by atoms with Crippen molar-refractivity contribution in [1.82, 2.24) is 0 Å². The van der Waals surface area contributed by atoms with Crippen LogP contribution in [0.1, 0.15) is 0 Å². The van der Waals surface area contributed by atoms with Gasteiger partial charge in [0.25, 0.3) is 0 Å². The predicted molar refractivity (Wildman–Crippen MR) is 66.0 cm³/mol. The van der Waals surface area contributed by atoms with Gasteiger partial charge in [0, 0.05) is 21.7 Å². The summed E-state index contributed by atoms with van der Waals surface area (Å²) in [7, 11) is 1.39. The zero-order valence-corrected chi connectivity index (χ0v) is 10.5. The van der Waals surface area contributed by atoms with Crippen molar-refractivity contribution in [3.63, 3.8) is 0 Å². The smallest absolute Gasteiger partial charge is 0.336 e. The highest BCUT2D eigenvalue weighted by atomic mass is 32.2. The second-order valence-electron chi connectivity index (χ2n) is 3.76. The lowest BCUT2D eigenvalue weighted by Crippen LogP contribution is -2.00. The fraction of sp³-hybridized carbons (Fsp3) is 0.0833. The summed E-state index contributed by atoms with van der Waals surface area (Å²) in [5.74, 6) is 0.196. The molecule has 1 unspecified atom stereocenters. The fourth-order valence-electron chi connectivity index (χ4n) is 2.04. The first-order chi connectivity index (χ1) is 9.13. The average Bonchev–Trinajstić information content (AvgIpc) is 2.83. The van der Waals surface area contributed by atoms with Crippen molar-refractivity contribution < 1.29 is 22.3 Å². The molecule has 0 aliphatic rings. The molecule has 1 aromatic carbocycles. The van der Waals surface area contributed by atoms with Crippen LogP contribution in [0.25, 0.3) is 21.9 Å². The van der Waals surface area contributed by atoms with Gasteiger partial charge in [-0.2, -0.15) is 0 Å². The number of benzene rings is 1. The molecule has 19 heavy (non-hydrogen) atoms. The topological polar surface area (TPSA) is 92.7 Å². The second kappa shape index (κ2) is 4.22. The fourth-order valence-corrected chi connectivity index (χ4v) is 2.72. The Morgan fingerprint density at radius 3 is 2.63 bits per heavy atom. The lowest BCUT2D eigenvalue weighted by molar-refractivity contribution is 0.402. The van der Waals surface area contributed by atoms with Crippen LogP contribution in [0.3, 0.4) is 0 Å². The maximum absolute atomic E-state index is 11.4. The average molecular weight is 279 g/mol. The van der Waals surface area contributed by atoms with Crippen LogP contribution in [0.2, 0.25) is 0 Å². The molecule has 0 radical (unpaired) electrons. The molecule has 7 heteroatoms. The minimum atomic E-state index is -2.50. The third-order valence-corrected chi connectivity index (χ3v) is 3.54. The highest BCUT2D eigenvalue weighted by molar-refractivity contribution is 7.79. The van der Waals surface area contributed by atoms with Gasteiger partial charge < -0.3 is 18.1 Å². The van der Waals surface area contributed by atoms with E-state index in [1.807, 2.05) is 0 Å². The minimum absolute atomic E-state index is 0.0169. The number of methoxy groups -OCH3 is 1. The van der Waals surface area contributed by atoms with Crippen LogP contribution in [0.5, 0.6) is 5.75 Å². The second-order valence-corrected chi connectivity index (χ2v) is 4.64. The van der Waals surface area contributed by atoms with Crippen LogP contribution < -0.4 is 10.4 Å². The molecule has 0 aliphatic heterocycles. The number of fused-ring (bicyclic) bond motifs is 2. The minimum Gasteiger partial charge on any atom is -0.768 e. The van der Waals surface area contributed by atoms with E-state index < -0.39 is 16.7 Å². The maximum Gasteiger partial charge on any atom is 0.336 e. The van der Waals surface area contributed by atoms with Gasteiger partial charge in [0.15, 0.2) is 11.2 Å². The number of furan rings is 1. The first-order valence-electron chi connectivity index (χ1n) is 5.23. The molecule has 0 N–H and O–H groups in total. The summed E-state index contributed by atoms with van der Waals surface area (Å²) >= 11 is -2.50. The van der Waals surface area contributed by atoms with Gasteiger partial charge in [-0.25, -0.2) is 4.79 Å². The Labute approximate surface area is 108 Å². The van der Waals surface area contributed by atoms with Gasteiger partial charge in [-0.15, -0.1) is 0 Å². The van der Waals surface area contributed by atoms with E-state index in [4.69, 9.17) is 13.6 Å². The quantitative estimate of drug-likeness (QED) is 0.524. The molecule has 0 saturated carbocycles. The van der Waals surface area contributed by atoms with Gasteiger partial charge in [0.05, 0.1) is 13.4 Å². The van der Waals surface area contributed by atoms with Gasteiger partial charge in [-0.05, 0) is 23.2 Å². The standard InChI is InChI=1S/C12H8O6S/c1-16-11-9-7(4-5-17-9)12(19(14)15)6-2-3-8(13)18-10(6)11/h2-5H,1H3,(H,14,15)/p-1. The van der Waals surface area contributed by atoms with E-state index in [0.717, 1.165) is 6.07 Å². The van der Waals surface area contributed by atoms with Crippen LogP contribution in [0.15, 0.2) is 43.0 Å². The lowest BCUT2D eigenvalue weighted by atomic mass is 10.1. The molecule has 0 aliphatic carbocycles. The van der Waals surface area contributed by atoms with Crippen molar-refractivity contribution in [1.29, 1.82) is 0 Å². The van der Waals surface area contributed by atoms with Crippen molar-refractivity contribution in [3.8, 4) is 5.75 Å². The van der Waals surface area contributed by atoms with Gasteiger partial charge in [0.2, 0.25) is 5.75 Å². The van der Waals surface area contributed by atoms with Crippen molar-refractivity contribution in [2.45, 2.75) is 4.90 Å². The summed E-state index contributed by atoms with van der Waals surface area (Å²) in [6, 6.07) is 4.07. The first-order valence-corrected chi connectivity index (χ1v) is 6.31. The highest BCUT2D eigenvalue weighted by Gasteiger charge is 2.19. The third-order valence-electron chi connectivity index (χ3n) is 2.77. The molecular formula is C12H7O6S-. The predicted octanol–water partition coefficient (Wildman–Crippen LogP) is 1.79. The molecule has 0 bridgehead atoms. The van der Waals surface area contributed by atoms with Gasteiger partial charge in [-0.3, -0.25) is 4.21 Å².